The van der Waals surface area contributed by atoms with Crippen molar-refractivity contribution in [3.05, 3.63) is 23.8 Å². The van der Waals surface area contributed by atoms with E-state index in [1.165, 1.54) is 19.3 Å². The Balaban J connectivity index is 2.11. The Morgan fingerprint density at radius 1 is 1.33 bits per heavy atom. The van der Waals surface area contributed by atoms with Gasteiger partial charge in [-0.1, -0.05) is 19.4 Å². The fraction of sp³-hybridized carbons (Fsp3) is 0.533. The van der Waals surface area contributed by atoms with E-state index in [1.54, 1.807) is 6.92 Å². The van der Waals surface area contributed by atoms with Crippen LogP contribution in [0.3, 0.4) is 0 Å². The molecule has 2 N–H and O–H groups in total. The van der Waals surface area contributed by atoms with Gasteiger partial charge in [0, 0.05) is 24.3 Å². The molecule has 2 rings (SSSR count). The maximum Gasteiger partial charge on any atom is 0.221 e. The number of nitrogens with one attached hydrogen (secondary N) is 2. The van der Waals surface area contributed by atoms with Gasteiger partial charge in [0.1, 0.15) is 0 Å². The van der Waals surface area contributed by atoms with Crippen molar-refractivity contribution < 1.29 is 4.79 Å². The van der Waals surface area contributed by atoms with Gasteiger partial charge in [-0.15, -0.1) is 0 Å². The summed E-state index contributed by atoms with van der Waals surface area (Å²) in [6.07, 6.45) is 3.86. The van der Waals surface area contributed by atoms with Gasteiger partial charge in [0.05, 0.1) is 0 Å². The van der Waals surface area contributed by atoms with Crippen LogP contribution in [0.25, 0.3) is 0 Å². The van der Waals surface area contributed by atoms with Crippen LogP contribution < -0.4 is 10.6 Å². The van der Waals surface area contributed by atoms with Gasteiger partial charge in [-0.2, -0.15) is 0 Å². The highest BCUT2D eigenvalue weighted by Gasteiger charge is 2.22. The summed E-state index contributed by atoms with van der Waals surface area (Å²) >= 11 is 0. The van der Waals surface area contributed by atoms with E-state index in [0.717, 1.165) is 22.9 Å². The minimum absolute atomic E-state index is 0.0236. The second-order valence-electron chi connectivity index (χ2n) is 5.37. The zero-order valence-electron chi connectivity index (χ0n) is 11.4. The lowest BCUT2D eigenvalue weighted by Crippen LogP contribution is -2.21. The number of carbonyl (C=O) groups excluding carboxylic acids is 1. The van der Waals surface area contributed by atoms with E-state index in [2.05, 4.69) is 23.6 Å². The molecule has 1 saturated carbocycles. The predicted octanol–water partition coefficient (Wildman–Crippen LogP) is 3.55. The van der Waals surface area contributed by atoms with Gasteiger partial charge in [-0.3, -0.25) is 4.79 Å². The van der Waals surface area contributed by atoms with Crippen molar-refractivity contribution in [2.24, 2.45) is 5.92 Å². The average Bonchev–Trinajstić information content (AvgIpc) is 2.69. The number of hydrogen-bond donors (Lipinski definition) is 2. The molecular formula is C15H22N2O. The smallest absolute Gasteiger partial charge is 0.221 e. The SMILES string of the molecule is CC(=O)Nc1cc(NC2CCCC2C)ccc1C. The summed E-state index contributed by atoms with van der Waals surface area (Å²) in [5, 5.41) is 6.45. The zero-order chi connectivity index (χ0) is 13.1. The van der Waals surface area contributed by atoms with Crippen LogP contribution in [0.1, 0.15) is 38.7 Å². The third kappa shape index (κ3) is 3.03. The van der Waals surface area contributed by atoms with Gasteiger partial charge in [-0.25, -0.2) is 0 Å². The first-order chi connectivity index (χ1) is 8.56. The van der Waals surface area contributed by atoms with Gasteiger partial charge in [-0.05, 0) is 43.4 Å². The lowest BCUT2D eigenvalue weighted by Gasteiger charge is -2.19. The molecule has 0 heterocycles. The molecule has 18 heavy (non-hydrogen) atoms. The van der Waals surface area contributed by atoms with Gasteiger partial charge < -0.3 is 10.6 Å². The number of aryl methyl sites for hydroxylation is 1. The number of amides is 1. The Hall–Kier alpha value is -1.51. The lowest BCUT2D eigenvalue weighted by atomic mass is 10.1. The monoisotopic (exact) mass is 246 g/mol. The van der Waals surface area contributed by atoms with Gasteiger partial charge in [0.15, 0.2) is 0 Å². The highest BCUT2D eigenvalue weighted by Crippen LogP contribution is 2.29. The maximum atomic E-state index is 11.1. The standard InChI is InChI=1S/C15H22N2O/c1-10-5-4-6-14(10)17-13-8-7-11(2)15(9-13)16-12(3)18/h7-10,14,17H,4-6H2,1-3H3,(H,16,18). The molecule has 1 aliphatic rings. The van der Waals surface area contributed by atoms with Crippen LogP contribution in [0.15, 0.2) is 18.2 Å². The van der Waals surface area contributed by atoms with Crippen molar-refractivity contribution in [1.29, 1.82) is 0 Å². The van der Waals surface area contributed by atoms with E-state index < -0.39 is 0 Å². The molecule has 1 aromatic carbocycles. The lowest BCUT2D eigenvalue weighted by molar-refractivity contribution is -0.114. The number of hydrogen-bond acceptors (Lipinski definition) is 2. The minimum atomic E-state index is -0.0236. The molecule has 1 amide bonds. The predicted molar refractivity (Wildman–Crippen MR) is 75.9 cm³/mol. The van der Waals surface area contributed by atoms with Crippen molar-refractivity contribution in [3.63, 3.8) is 0 Å². The Morgan fingerprint density at radius 3 is 2.72 bits per heavy atom. The normalized spacial score (nSPS) is 22.8. The summed E-state index contributed by atoms with van der Waals surface area (Å²) in [4.78, 5) is 11.1. The average molecular weight is 246 g/mol. The Bertz CT molecular complexity index is 442. The Morgan fingerprint density at radius 2 is 2.11 bits per heavy atom. The third-order valence-corrected chi connectivity index (χ3v) is 3.76. The second kappa shape index (κ2) is 5.42. The molecule has 0 radical (unpaired) electrons. The van der Waals surface area contributed by atoms with Crippen LogP contribution in [0, 0.1) is 12.8 Å². The molecule has 2 unspecified atom stereocenters. The van der Waals surface area contributed by atoms with E-state index >= 15 is 0 Å². The summed E-state index contributed by atoms with van der Waals surface area (Å²) in [6.45, 7) is 5.85. The zero-order valence-corrected chi connectivity index (χ0v) is 11.4. The molecule has 0 saturated heterocycles. The van der Waals surface area contributed by atoms with E-state index in [9.17, 15) is 4.79 Å². The van der Waals surface area contributed by atoms with Gasteiger partial charge in [0.25, 0.3) is 0 Å². The Kier molecular flexibility index (Phi) is 3.90. The van der Waals surface area contributed by atoms with Crippen LogP contribution >= 0.6 is 0 Å². The molecule has 0 bridgehead atoms. The summed E-state index contributed by atoms with van der Waals surface area (Å²) in [5.41, 5.74) is 3.09. The van der Waals surface area contributed by atoms with Crippen molar-refractivity contribution in [3.8, 4) is 0 Å². The van der Waals surface area contributed by atoms with Crippen LogP contribution in [-0.2, 0) is 4.79 Å². The number of carbonyl (C=O) groups is 1. The highest BCUT2D eigenvalue weighted by atomic mass is 16.1. The maximum absolute atomic E-state index is 11.1. The third-order valence-electron chi connectivity index (χ3n) is 3.76. The first-order valence-electron chi connectivity index (χ1n) is 6.71. The number of benzene rings is 1. The van der Waals surface area contributed by atoms with Crippen LogP contribution in [0.4, 0.5) is 11.4 Å². The van der Waals surface area contributed by atoms with E-state index in [1.807, 2.05) is 19.1 Å². The topological polar surface area (TPSA) is 41.1 Å². The van der Waals surface area contributed by atoms with E-state index in [0.29, 0.717) is 6.04 Å². The quantitative estimate of drug-likeness (QED) is 0.856. The number of anilines is 2. The molecule has 98 valence electrons. The molecule has 2 atom stereocenters. The van der Waals surface area contributed by atoms with Crippen LogP contribution in [0.5, 0.6) is 0 Å². The molecule has 0 spiro atoms. The Labute approximate surface area is 109 Å². The second-order valence-corrected chi connectivity index (χ2v) is 5.37. The van der Waals surface area contributed by atoms with E-state index in [4.69, 9.17) is 0 Å². The fourth-order valence-electron chi connectivity index (χ4n) is 2.61. The molecule has 0 aromatic heterocycles. The summed E-state index contributed by atoms with van der Waals surface area (Å²) < 4.78 is 0. The van der Waals surface area contributed by atoms with Crippen molar-refractivity contribution in [2.75, 3.05) is 10.6 Å². The summed E-state index contributed by atoms with van der Waals surface area (Å²) in [5.74, 6) is 0.708. The molecule has 1 fully saturated rings. The summed E-state index contributed by atoms with van der Waals surface area (Å²) in [7, 11) is 0. The highest BCUT2D eigenvalue weighted by molar-refractivity contribution is 5.90. The fourth-order valence-corrected chi connectivity index (χ4v) is 2.61. The first kappa shape index (κ1) is 12.9. The first-order valence-corrected chi connectivity index (χ1v) is 6.71. The summed E-state index contributed by atoms with van der Waals surface area (Å²) in [6, 6.07) is 6.73. The molecule has 3 nitrogen and oxygen atoms in total. The van der Waals surface area contributed by atoms with Gasteiger partial charge in [0.2, 0.25) is 5.91 Å². The van der Waals surface area contributed by atoms with Crippen molar-refractivity contribution >= 4 is 17.3 Å². The molecule has 1 aromatic rings. The minimum Gasteiger partial charge on any atom is -0.382 e. The molecule has 3 heteroatoms. The van der Waals surface area contributed by atoms with E-state index in [-0.39, 0.29) is 5.91 Å². The largest absolute Gasteiger partial charge is 0.382 e. The van der Waals surface area contributed by atoms with Crippen molar-refractivity contribution in [1.82, 2.24) is 0 Å². The van der Waals surface area contributed by atoms with Crippen LogP contribution in [-0.4, -0.2) is 11.9 Å². The molecule has 0 aliphatic heterocycles. The van der Waals surface area contributed by atoms with Crippen LogP contribution in [0.2, 0.25) is 0 Å². The van der Waals surface area contributed by atoms with Gasteiger partial charge >= 0.3 is 0 Å². The molecule has 1 aliphatic carbocycles. The molecular weight excluding hydrogens is 224 g/mol. The van der Waals surface area contributed by atoms with Crippen molar-refractivity contribution in [2.45, 2.75) is 46.1 Å². The number of rotatable bonds is 3.